The van der Waals surface area contributed by atoms with Crippen LogP contribution >= 0.6 is 11.5 Å². The number of ether oxygens (including phenoxy) is 1. The highest BCUT2D eigenvalue weighted by Crippen LogP contribution is 2.25. The Bertz CT molecular complexity index is 745. The van der Waals surface area contributed by atoms with Crippen LogP contribution in [0.15, 0.2) is 30.3 Å². The Morgan fingerprint density at radius 3 is 2.81 bits per heavy atom. The fourth-order valence-corrected chi connectivity index (χ4v) is 4.56. The zero-order valence-corrected chi connectivity index (χ0v) is 16.3. The lowest BCUT2D eigenvalue weighted by molar-refractivity contribution is -0.123. The van der Waals surface area contributed by atoms with E-state index in [4.69, 9.17) is 4.74 Å². The molecule has 3 heterocycles. The van der Waals surface area contributed by atoms with Crippen molar-refractivity contribution in [2.24, 2.45) is 5.92 Å². The van der Waals surface area contributed by atoms with E-state index in [1.54, 1.807) is 0 Å². The van der Waals surface area contributed by atoms with Gasteiger partial charge in [0, 0.05) is 25.3 Å². The van der Waals surface area contributed by atoms with Crippen molar-refractivity contribution in [2.75, 3.05) is 31.6 Å². The molecule has 0 aliphatic carbocycles. The molecule has 6 nitrogen and oxygen atoms in total. The summed E-state index contributed by atoms with van der Waals surface area (Å²) in [5.74, 6) is 1.08. The summed E-state index contributed by atoms with van der Waals surface area (Å²) in [7, 11) is 0. The van der Waals surface area contributed by atoms with E-state index < -0.39 is 0 Å². The van der Waals surface area contributed by atoms with Crippen LogP contribution in [0.25, 0.3) is 10.6 Å². The zero-order chi connectivity index (χ0) is 18.5. The Labute approximate surface area is 164 Å². The number of rotatable bonds is 5. The van der Waals surface area contributed by atoms with Gasteiger partial charge < -0.3 is 4.74 Å². The van der Waals surface area contributed by atoms with Gasteiger partial charge in [-0.2, -0.15) is 9.36 Å². The smallest absolute Gasteiger partial charge is 0.244 e. The fourth-order valence-electron chi connectivity index (χ4n) is 3.93. The molecule has 1 N–H and O–H groups in total. The Morgan fingerprint density at radius 2 is 2.00 bits per heavy atom. The summed E-state index contributed by atoms with van der Waals surface area (Å²) in [6.07, 6.45) is 5.37. The van der Waals surface area contributed by atoms with Crippen molar-refractivity contribution in [3.8, 4) is 10.6 Å². The van der Waals surface area contributed by atoms with E-state index in [2.05, 4.69) is 19.6 Å². The average molecular weight is 387 g/mol. The molecule has 1 atom stereocenters. The predicted molar refractivity (Wildman–Crippen MR) is 107 cm³/mol. The van der Waals surface area contributed by atoms with Gasteiger partial charge in [0.15, 0.2) is 0 Å². The predicted octanol–water partition coefficient (Wildman–Crippen LogP) is 3.42. The molecule has 0 saturated carbocycles. The highest BCUT2D eigenvalue weighted by molar-refractivity contribution is 7.09. The molecule has 1 aromatic carbocycles. The normalized spacial score (nSPS) is 21.9. The van der Waals surface area contributed by atoms with Gasteiger partial charge in [-0.3, -0.25) is 15.0 Å². The Balaban J connectivity index is 1.39. The van der Waals surface area contributed by atoms with E-state index in [1.807, 2.05) is 30.3 Å². The summed E-state index contributed by atoms with van der Waals surface area (Å²) < 4.78 is 9.80. The molecule has 2 aromatic rings. The maximum Gasteiger partial charge on any atom is 0.244 e. The topological polar surface area (TPSA) is 67.4 Å². The standard InChI is InChI=1S/C20H26N4O2S/c25-18(21-20-22-19(27-23-20)16-6-2-1-3-7-16)17-8-4-5-11-24(17)14-15-9-12-26-13-10-15/h1-3,6-7,15,17H,4-5,8-14H2,(H,21,23,25)/t17-/m0/s1. The zero-order valence-electron chi connectivity index (χ0n) is 15.5. The van der Waals surface area contributed by atoms with Crippen LogP contribution in [0.2, 0.25) is 0 Å². The third kappa shape index (κ3) is 4.72. The third-order valence-electron chi connectivity index (χ3n) is 5.43. The quantitative estimate of drug-likeness (QED) is 0.853. The lowest BCUT2D eigenvalue weighted by atomic mass is 9.95. The van der Waals surface area contributed by atoms with Crippen LogP contribution in [0, 0.1) is 5.92 Å². The van der Waals surface area contributed by atoms with Crippen LogP contribution in [0.5, 0.6) is 0 Å². The highest BCUT2D eigenvalue weighted by atomic mass is 32.1. The first-order chi connectivity index (χ1) is 13.3. The number of nitrogens with one attached hydrogen (secondary N) is 1. The van der Waals surface area contributed by atoms with Crippen molar-refractivity contribution >= 4 is 23.4 Å². The lowest BCUT2D eigenvalue weighted by Gasteiger charge is -2.37. The lowest BCUT2D eigenvalue weighted by Crippen LogP contribution is -2.49. The molecule has 0 spiro atoms. The van der Waals surface area contributed by atoms with Crippen LogP contribution in [-0.2, 0) is 9.53 Å². The molecule has 2 fully saturated rings. The number of piperidine rings is 1. The van der Waals surface area contributed by atoms with Gasteiger partial charge in [0.2, 0.25) is 11.9 Å². The molecule has 2 aliphatic heterocycles. The number of likely N-dealkylation sites (tertiary alicyclic amines) is 1. The summed E-state index contributed by atoms with van der Waals surface area (Å²) in [5, 5.41) is 3.78. The Morgan fingerprint density at radius 1 is 1.19 bits per heavy atom. The highest BCUT2D eigenvalue weighted by Gasteiger charge is 2.31. The average Bonchev–Trinajstić information content (AvgIpc) is 3.18. The molecule has 0 bridgehead atoms. The van der Waals surface area contributed by atoms with Crippen molar-refractivity contribution in [3.05, 3.63) is 30.3 Å². The van der Waals surface area contributed by atoms with Gasteiger partial charge in [-0.15, -0.1) is 0 Å². The Kier molecular flexibility index (Phi) is 6.11. The molecule has 0 unspecified atom stereocenters. The minimum absolute atomic E-state index is 0.0270. The number of benzene rings is 1. The van der Waals surface area contributed by atoms with Gasteiger partial charge in [-0.05, 0) is 49.7 Å². The van der Waals surface area contributed by atoms with Crippen molar-refractivity contribution < 1.29 is 9.53 Å². The molecule has 7 heteroatoms. The summed E-state index contributed by atoms with van der Waals surface area (Å²) in [6, 6.07) is 9.86. The summed E-state index contributed by atoms with van der Waals surface area (Å²) >= 11 is 1.32. The fraction of sp³-hybridized carbons (Fsp3) is 0.550. The molecule has 1 amide bonds. The third-order valence-corrected chi connectivity index (χ3v) is 6.20. The largest absolute Gasteiger partial charge is 0.381 e. The van der Waals surface area contributed by atoms with Gasteiger partial charge in [0.05, 0.1) is 6.04 Å². The minimum Gasteiger partial charge on any atom is -0.381 e. The van der Waals surface area contributed by atoms with Gasteiger partial charge in [0.25, 0.3) is 0 Å². The van der Waals surface area contributed by atoms with Crippen molar-refractivity contribution in [2.45, 2.75) is 38.1 Å². The SMILES string of the molecule is O=C(Nc1nsc(-c2ccccc2)n1)[C@@H]1CCCCN1CC1CCOCC1. The number of amides is 1. The summed E-state index contributed by atoms with van der Waals surface area (Å²) in [5.41, 5.74) is 1.02. The van der Waals surface area contributed by atoms with E-state index in [0.29, 0.717) is 11.9 Å². The van der Waals surface area contributed by atoms with Crippen LogP contribution in [-0.4, -0.2) is 52.5 Å². The van der Waals surface area contributed by atoms with Crippen molar-refractivity contribution in [3.63, 3.8) is 0 Å². The second-order valence-corrected chi connectivity index (χ2v) is 8.09. The monoisotopic (exact) mass is 386 g/mol. The summed E-state index contributed by atoms with van der Waals surface area (Å²) in [4.78, 5) is 19.8. The van der Waals surface area contributed by atoms with E-state index in [1.165, 1.54) is 18.0 Å². The van der Waals surface area contributed by atoms with E-state index >= 15 is 0 Å². The first-order valence-electron chi connectivity index (χ1n) is 9.81. The van der Waals surface area contributed by atoms with Crippen molar-refractivity contribution in [1.82, 2.24) is 14.3 Å². The van der Waals surface area contributed by atoms with Crippen LogP contribution < -0.4 is 5.32 Å². The second kappa shape index (κ2) is 8.91. The number of carbonyl (C=O) groups is 1. The van der Waals surface area contributed by atoms with Gasteiger partial charge in [-0.1, -0.05) is 36.8 Å². The van der Waals surface area contributed by atoms with E-state index in [9.17, 15) is 4.79 Å². The molecular weight excluding hydrogens is 360 g/mol. The molecule has 2 saturated heterocycles. The van der Waals surface area contributed by atoms with E-state index in [-0.39, 0.29) is 11.9 Å². The first-order valence-corrected chi connectivity index (χ1v) is 10.6. The molecule has 0 radical (unpaired) electrons. The first kappa shape index (κ1) is 18.5. The number of carbonyl (C=O) groups excluding carboxylic acids is 1. The molecule has 27 heavy (non-hydrogen) atoms. The maximum atomic E-state index is 12.9. The summed E-state index contributed by atoms with van der Waals surface area (Å²) in [6.45, 7) is 3.68. The Hall–Kier alpha value is -1.83. The van der Waals surface area contributed by atoms with Crippen LogP contribution in [0.4, 0.5) is 5.95 Å². The number of anilines is 1. The number of hydrogen-bond donors (Lipinski definition) is 1. The molecule has 144 valence electrons. The molecule has 1 aromatic heterocycles. The second-order valence-electron chi connectivity index (χ2n) is 7.34. The number of hydrogen-bond acceptors (Lipinski definition) is 6. The van der Waals surface area contributed by atoms with Crippen molar-refractivity contribution in [1.29, 1.82) is 0 Å². The molecule has 2 aliphatic rings. The van der Waals surface area contributed by atoms with Gasteiger partial charge in [0.1, 0.15) is 5.01 Å². The molecular formula is C20H26N4O2S. The van der Waals surface area contributed by atoms with Gasteiger partial charge in [-0.25, -0.2) is 0 Å². The van der Waals surface area contributed by atoms with Crippen LogP contribution in [0.3, 0.4) is 0 Å². The molecule has 4 rings (SSSR count). The maximum absolute atomic E-state index is 12.9. The number of aromatic nitrogens is 2. The number of nitrogens with zero attached hydrogens (tertiary/aromatic N) is 3. The van der Waals surface area contributed by atoms with E-state index in [0.717, 1.165) is 62.6 Å². The van der Waals surface area contributed by atoms with Gasteiger partial charge >= 0.3 is 0 Å². The van der Waals surface area contributed by atoms with Crippen LogP contribution in [0.1, 0.15) is 32.1 Å². The minimum atomic E-state index is -0.0785.